The third-order valence-corrected chi connectivity index (χ3v) is 3.72. The lowest BCUT2D eigenvalue weighted by Crippen LogP contribution is -2.53. The van der Waals surface area contributed by atoms with Crippen molar-refractivity contribution in [3.8, 4) is 0 Å². The van der Waals surface area contributed by atoms with E-state index in [1.807, 2.05) is 4.52 Å². The predicted octanol–water partition coefficient (Wildman–Crippen LogP) is -0.379. The minimum atomic E-state index is -1.32. The van der Waals surface area contributed by atoms with Crippen LogP contribution in [0.5, 0.6) is 0 Å². The predicted molar refractivity (Wildman–Crippen MR) is 41.1 cm³/mol. The van der Waals surface area contributed by atoms with E-state index in [1.54, 1.807) is 0 Å². The third-order valence-electron chi connectivity index (χ3n) is 1.68. The van der Waals surface area contributed by atoms with Gasteiger partial charge >= 0.3 is 0 Å². The third kappa shape index (κ3) is 1.57. The van der Waals surface area contributed by atoms with Crippen LogP contribution >= 0.6 is 0 Å². The van der Waals surface area contributed by atoms with Gasteiger partial charge in [0.15, 0.2) is 20.5 Å². The molecule has 1 N–H and O–H groups in total. The van der Waals surface area contributed by atoms with Gasteiger partial charge in [0, 0.05) is 0 Å². The molecule has 1 saturated heterocycles. The second-order valence-electron chi connectivity index (χ2n) is 3.79. The van der Waals surface area contributed by atoms with Gasteiger partial charge in [-0.25, -0.2) is 5.32 Å². The molecule has 0 aromatic carbocycles. The summed E-state index contributed by atoms with van der Waals surface area (Å²) in [6.07, 6.45) is 0. The van der Waals surface area contributed by atoms with Gasteiger partial charge in [0.25, 0.3) is 0 Å². The van der Waals surface area contributed by atoms with Crippen LogP contribution in [0.1, 0.15) is 0 Å². The van der Waals surface area contributed by atoms with Crippen LogP contribution in [0.15, 0.2) is 0 Å². The molecule has 0 aliphatic carbocycles. The van der Waals surface area contributed by atoms with Crippen molar-refractivity contribution >= 4 is 8.07 Å². The zero-order valence-corrected chi connectivity index (χ0v) is 7.81. The van der Waals surface area contributed by atoms with E-state index in [4.69, 9.17) is 0 Å². The van der Waals surface area contributed by atoms with E-state index in [1.165, 1.54) is 0 Å². The Balaban J connectivity index is 2.55. The highest BCUT2D eigenvalue weighted by atomic mass is 28.3. The molecule has 0 amide bonds. The van der Waals surface area contributed by atoms with Crippen LogP contribution in [0.25, 0.3) is 0 Å². The lowest BCUT2D eigenvalue weighted by atomic mass is 10.7. The van der Waals surface area contributed by atoms with Crippen LogP contribution in [-0.2, 0) is 4.52 Å². The molecular weight excluding hydrogens is 146 g/mol. The molecule has 0 spiro atoms. The van der Waals surface area contributed by atoms with Gasteiger partial charge in [-0.15, -0.1) is 0 Å². The van der Waals surface area contributed by atoms with Crippen LogP contribution in [0.4, 0.5) is 0 Å². The molecular formula is C6H15NO2Si. The van der Waals surface area contributed by atoms with Crippen molar-refractivity contribution in [3.05, 3.63) is 0 Å². The van der Waals surface area contributed by atoms with Crippen LogP contribution in [0.2, 0.25) is 19.6 Å². The van der Waals surface area contributed by atoms with E-state index in [9.17, 15) is 5.26 Å². The van der Waals surface area contributed by atoms with E-state index >= 15 is 0 Å². The number of hydrogen-bond donors (Lipinski definition) is 1. The fraction of sp³-hybridized carbons (Fsp3) is 1.00. The Morgan fingerprint density at radius 3 is 2.30 bits per heavy atom. The van der Waals surface area contributed by atoms with Gasteiger partial charge in [-0.05, 0) is 0 Å². The van der Waals surface area contributed by atoms with E-state index in [0.717, 1.165) is 6.54 Å². The SMILES string of the molecule is C[Si](C)(C)C1NCC[O+]1[O-]. The molecule has 1 heterocycles. The molecule has 0 aromatic rings. The Labute approximate surface area is 62.6 Å². The zero-order chi connectivity index (χ0) is 7.78. The van der Waals surface area contributed by atoms with Crippen LogP contribution < -0.4 is 10.6 Å². The monoisotopic (exact) mass is 161 g/mol. The van der Waals surface area contributed by atoms with Crippen molar-refractivity contribution in [3.63, 3.8) is 0 Å². The lowest BCUT2D eigenvalue weighted by Gasteiger charge is -2.30. The molecule has 1 rings (SSSR count). The summed E-state index contributed by atoms with van der Waals surface area (Å²) < 4.78 is 1.94. The first-order valence-corrected chi connectivity index (χ1v) is 7.20. The minimum Gasteiger partial charge on any atom is -0.533 e. The molecule has 0 saturated carbocycles. The van der Waals surface area contributed by atoms with Crippen molar-refractivity contribution < 1.29 is 9.78 Å². The fourth-order valence-electron chi connectivity index (χ4n) is 1.20. The highest BCUT2D eigenvalue weighted by molar-refractivity contribution is 6.77. The van der Waals surface area contributed by atoms with E-state index in [-0.39, 0.29) is 5.85 Å². The number of rotatable bonds is 1. The first kappa shape index (κ1) is 8.20. The summed E-state index contributed by atoms with van der Waals surface area (Å²) in [7, 11) is -1.32. The topological polar surface area (TPSA) is 37.8 Å². The molecule has 1 aliphatic rings. The molecule has 1 fully saturated rings. The average molecular weight is 161 g/mol. The second kappa shape index (κ2) is 2.62. The molecule has 60 valence electrons. The highest BCUT2D eigenvalue weighted by Gasteiger charge is 2.38. The van der Waals surface area contributed by atoms with E-state index in [2.05, 4.69) is 25.0 Å². The first-order valence-electron chi connectivity index (χ1n) is 3.62. The highest BCUT2D eigenvalue weighted by Crippen LogP contribution is 2.15. The van der Waals surface area contributed by atoms with Crippen molar-refractivity contribution in [1.29, 1.82) is 0 Å². The van der Waals surface area contributed by atoms with Gasteiger partial charge in [-0.3, -0.25) is 0 Å². The maximum Gasteiger partial charge on any atom is 0.192 e. The minimum absolute atomic E-state index is 0.0625. The quantitative estimate of drug-likeness (QED) is 0.323. The van der Waals surface area contributed by atoms with Gasteiger partial charge in [0.1, 0.15) is 0 Å². The maximum atomic E-state index is 11.0. The van der Waals surface area contributed by atoms with Crippen LogP contribution in [0.3, 0.4) is 0 Å². The molecule has 1 unspecified atom stereocenters. The lowest BCUT2D eigenvalue weighted by molar-refractivity contribution is -0.795. The average Bonchev–Trinajstić information content (AvgIpc) is 2.11. The summed E-state index contributed by atoms with van der Waals surface area (Å²) >= 11 is 0. The Morgan fingerprint density at radius 1 is 1.50 bits per heavy atom. The molecule has 0 bridgehead atoms. The second-order valence-corrected chi connectivity index (χ2v) is 9.04. The molecule has 10 heavy (non-hydrogen) atoms. The molecule has 1 atom stereocenters. The molecule has 0 radical (unpaired) electrons. The summed E-state index contributed by atoms with van der Waals surface area (Å²) in [6.45, 7) is 7.97. The van der Waals surface area contributed by atoms with Gasteiger partial charge < -0.3 is 9.78 Å². The smallest absolute Gasteiger partial charge is 0.192 e. The largest absolute Gasteiger partial charge is 0.533 e. The van der Waals surface area contributed by atoms with E-state index in [0.29, 0.717) is 6.61 Å². The van der Waals surface area contributed by atoms with E-state index < -0.39 is 8.07 Å². The van der Waals surface area contributed by atoms with Gasteiger partial charge in [-0.2, -0.15) is 0 Å². The Hall–Kier alpha value is 0.0969. The summed E-state index contributed by atoms with van der Waals surface area (Å²) in [5, 5.41) is 14.2. The fourth-order valence-corrected chi connectivity index (χ4v) is 2.87. The zero-order valence-electron chi connectivity index (χ0n) is 6.81. The van der Waals surface area contributed by atoms with Crippen molar-refractivity contribution in [2.75, 3.05) is 13.2 Å². The molecule has 1 aliphatic heterocycles. The van der Waals surface area contributed by atoms with Crippen molar-refractivity contribution in [1.82, 2.24) is 5.32 Å². The number of hydrogen-bond acceptors (Lipinski definition) is 2. The van der Waals surface area contributed by atoms with Gasteiger partial charge in [0.05, 0.1) is 6.54 Å². The maximum absolute atomic E-state index is 11.0. The van der Waals surface area contributed by atoms with Crippen LogP contribution in [0, 0.1) is 0 Å². The Kier molecular flexibility index (Phi) is 2.14. The first-order chi connectivity index (χ1) is 4.52. The normalized spacial score (nSPS) is 29.4. The summed E-state index contributed by atoms with van der Waals surface area (Å²) in [5.41, 5.74) is 0. The summed E-state index contributed by atoms with van der Waals surface area (Å²) in [4.78, 5) is 0. The molecule has 0 aromatic heterocycles. The van der Waals surface area contributed by atoms with Crippen LogP contribution in [-0.4, -0.2) is 27.1 Å². The standard InChI is InChI=1S/C6H15NO2Si/c1-10(2,3)6-7-4-5-9(6)8/h6-7H,4-5H2,1-3H3. The van der Waals surface area contributed by atoms with Crippen molar-refractivity contribution in [2.45, 2.75) is 25.5 Å². The molecule has 4 heteroatoms. The van der Waals surface area contributed by atoms with Crippen molar-refractivity contribution in [2.24, 2.45) is 0 Å². The Morgan fingerprint density at radius 2 is 2.10 bits per heavy atom. The van der Waals surface area contributed by atoms with Gasteiger partial charge in [0.2, 0.25) is 0 Å². The summed E-state index contributed by atoms with van der Waals surface area (Å²) in [6, 6.07) is 0. The molecule has 3 nitrogen and oxygen atoms in total. The Bertz CT molecular complexity index is 123. The van der Waals surface area contributed by atoms with Gasteiger partial charge in [-0.1, -0.05) is 19.6 Å². The summed E-state index contributed by atoms with van der Waals surface area (Å²) in [5.74, 6) is 0.0625. The number of nitrogens with one attached hydrogen (secondary N) is 1.